The fourth-order valence-electron chi connectivity index (χ4n) is 2.45. The quantitative estimate of drug-likeness (QED) is 0.942. The summed E-state index contributed by atoms with van der Waals surface area (Å²) in [6.07, 6.45) is 1.85. The third-order valence-electron chi connectivity index (χ3n) is 3.32. The van der Waals surface area contributed by atoms with E-state index in [9.17, 15) is 9.50 Å². The van der Waals surface area contributed by atoms with Crippen LogP contribution in [-0.4, -0.2) is 15.7 Å². The Balaban J connectivity index is 1.96. The van der Waals surface area contributed by atoms with Gasteiger partial charge in [0.2, 0.25) is 5.88 Å². The lowest BCUT2D eigenvalue weighted by molar-refractivity contribution is 0.134. The van der Waals surface area contributed by atoms with Gasteiger partial charge in [-0.1, -0.05) is 12.1 Å². The molecule has 1 aliphatic heterocycles. The van der Waals surface area contributed by atoms with Crippen molar-refractivity contribution in [2.24, 2.45) is 0 Å². The van der Waals surface area contributed by atoms with E-state index in [1.54, 1.807) is 6.07 Å². The molecule has 2 heterocycles. The SMILES string of the molecule is CC1(C)Cc2cccc(Oc3ncc(F)cc3CO)c2O1. The first kappa shape index (κ1) is 13.8. The van der Waals surface area contributed by atoms with Gasteiger partial charge in [0.25, 0.3) is 0 Å². The molecule has 0 saturated carbocycles. The Kier molecular flexibility index (Phi) is 3.29. The predicted octanol–water partition coefficient (Wildman–Crippen LogP) is 3.22. The lowest BCUT2D eigenvalue weighted by Gasteiger charge is -2.18. The number of halogens is 1. The van der Waals surface area contributed by atoms with Crippen LogP contribution < -0.4 is 9.47 Å². The average Bonchev–Trinajstić information content (AvgIpc) is 2.75. The van der Waals surface area contributed by atoms with Crippen molar-refractivity contribution in [1.29, 1.82) is 0 Å². The van der Waals surface area contributed by atoms with Gasteiger partial charge in [-0.25, -0.2) is 9.37 Å². The summed E-state index contributed by atoms with van der Waals surface area (Å²) in [6.45, 7) is 3.67. The lowest BCUT2D eigenvalue weighted by Crippen LogP contribution is -2.24. The number of hydrogen-bond acceptors (Lipinski definition) is 4. The first-order valence-electron chi connectivity index (χ1n) is 6.72. The van der Waals surface area contributed by atoms with Crippen molar-refractivity contribution in [2.75, 3.05) is 0 Å². The van der Waals surface area contributed by atoms with Gasteiger partial charge in [-0.05, 0) is 26.0 Å². The van der Waals surface area contributed by atoms with E-state index in [1.807, 2.05) is 26.0 Å². The summed E-state index contributed by atoms with van der Waals surface area (Å²) >= 11 is 0. The number of para-hydroxylation sites is 1. The molecule has 110 valence electrons. The minimum absolute atomic E-state index is 0.181. The van der Waals surface area contributed by atoms with Crippen LogP contribution in [-0.2, 0) is 13.0 Å². The van der Waals surface area contributed by atoms with Gasteiger partial charge in [0, 0.05) is 17.5 Å². The number of hydrogen-bond donors (Lipinski definition) is 1. The molecular formula is C16H16FNO3. The molecule has 1 aliphatic rings. The van der Waals surface area contributed by atoms with Gasteiger partial charge in [-0.15, -0.1) is 0 Å². The maximum atomic E-state index is 13.1. The molecule has 0 unspecified atom stereocenters. The Morgan fingerprint density at radius 2 is 2.24 bits per heavy atom. The summed E-state index contributed by atoms with van der Waals surface area (Å²) in [5.74, 6) is 0.868. The molecule has 1 N–H and O–H groups in total. The smallest absolute Gasteiger partial charge is 0.225 e. The second kappa shape index (κ2) is 5.00. The van der Waals surface area contributed by atoms with Crippen molar-refractivity contribution < 1.29 is 19.0 Å². The fraction of sp³-hybridized carbons (Fsp3) is 0.312. The van der Waals surface area contributed by atoms with Crippen molar-refractivity contribution in [3.63, 3.8) is 0 Å². The normalized spacial score (nSPS) is 15.4. The molecule has 4 nitrogen and oxygen atoms in total. The van der Waals surface area contributed by atoms with Crippen LogP contribution >= 0.6 is 0 Å². The Hall–Kier alpha value is -2.14. The van der Waals surface area contributed by atoms with Crippen molar-refractivity contribution >= 4 is 0 Å². The molecule has 0 amide bonds. The topological polar surface area (TPSA) is 51.6 Å². The van der Waals surface area contributed by atoms with Crippen LogP contribution in [0.25, 0.3) is 0 Å². The number of rotatable bonds is 3. The molecule has 2 aromatic rings. The van der Waals surface area contributed by atoms with Crippen molar-refractivity contribution in [3.8, 4) is 17.4 Å². The summed E-state index contributed by atoms with van der Waals surface area (Å²) in [5.41, 5.74) is 1.08. The van der Waals surface area contributed by atoms with Gasteiger partial charge in [0.1, 0.15) is 11.4 Å². The summed E-state index contributed by atoms with van der Waals surface area (Å²) in [5, 5.41) is 9.28. The van der Waals surface area contributed by atoms with Gasteiger partial charge >= 0.3 is 0 Å². The zero-order chi connectivity index (χ0) is 15.0. The third-order valence-corrected chi connectivity index (χ3v) is 3.32. The van der Waals surface area contributed by atoms with Crippen LogP contribution in [0.15, 0.2) is 30.5 Å². The summed E-state index contributed by atoms with van der Waals surface area (Å²) in [4.78, 5) is 3.89. The van der Waals surface area contributed by atoms with E-state index >= 15 is 0 Å². The van der Waals surface area contributed by atoms with E-state index in [0.717, 1.165) is 18.2 Å². The Labute approximate surface area is 122 Å². The van der Waals surface area contributed by atoms with E-state index in [2.05, 4.69) is 4.98 Å². The van der Waals surface area contributed by atoms with Crippen molar-refractivity contribution in [2.45, 2.75) is 32.5 Å². The molecule has 0 fully saturated rings. The van der Waals surface area contributed by atoms with Gasteiger partial charge in [0.15, 0.2) is 11.5 Å². The first-order chi connectivity index (χ1) is 9.98. The second-order valence-electron chi connectivity index (χ2n) is 5.66. The molecule has 0 bridgehead atoms. The van der Waals surface area contributed by atoms with Crippen LogP contribution in [0.4, 0.5) is 4.39 Å². The first-order valence-corrected chi connectivity index (χ1v) is 6.72. The summed E-state index contributed by atoms with van der Waals surface area (Å²) in [7, 11) is 0. The minimum atomic E-state index is -0.512. The highest BCUT2D eigenvalue weighted by molar-refractivity contribution is 5.51. The summed E-state index contributed by atoms with van der Waals surface area (Å²) < 4.78 is 24.8. The monoisotopic (exact) mass is 289 g/mol. The lowest BCUT2D eigenvalue weighted by atomic mass is 10.0. The highest BCUT2D eigenvalue weighted by Crippen LogP contribution is 2.43. The maximum Gasteiger partial charge on any atom is 0.225 e. The van der Waals surface area contributed by atoms with E-state index in [1.165, 1.54) is 6.07 Å². The summed E-state index contributed by atoms with van der Waals surface area (Å²) in [6, 6.07) is 6.84. The standard InChI is InChI=1S/C16H16FNO3/c1-16(2)7-10-4-3-5-13(14(10)21-16)20-15-11(9-19)6-12(17)8-18-15/h3-6,8,19H,7,9H2,1-2H3. The molecule has 21 heavy (non-hydrogen) atoms. The predicted molar refractivity (Wildman–Crippen MR) is 75.0 cm³/mol. The Morgan fingerprint density at radius 3 is 3.00 bits per heavy atom. The van der Waals surface area contributed by atoms with Gasteiger partial charge < -0.3 is 14.6 Å². The van der Waals surface area contributed by atoms with Crippen molar-refractivity contribution in [1.82, 2.24) is 4.98 Å². The van der Waals surface area contributed by atoms with E-state index < -0.39 is 5.82 Å². The van der Waals surface area contributed by atoms with Gasteiger partial charge in [0.05, 0.1) is 12.8 Å². The average molecular weight is 289 g/mol. The van der Waals surface area contributed by atoms with Crippen LogP contribution in [0, 0.1) is 5.82 Å². The Bertz CT molecular complexity index is 685. The molecular weight excluding hydrogens is 273 g/mol. The minimum Gasteiger partial charge on any atom is -0.483 e. The zero-order valence-electron chi connectivity index (χ0n) is 11.9. The highest BCUT2D eigenvalue weighted by Gasteiger charge is 2.32. The highest BCUT2D eigenvalue weighted by atomic mass is 19.1. The van der Waals surface area contributed by atoms with E-state index in [-0.39, 0.29) is 18.1 Å². The number of nitrogens with zero attached hydrogens (tertiary/aromatic N) is 1. The molecule has 0 spiro atoms. The molecule has 1 aromatic carbocycles. The van der Waals surface area contributed by atoms with Crippen LogP contribution in [0.2, 0.25) is 0 Å². The second-order valence-corrected chi connectivity index (χ2v) is 5.66. The number of benzene rings is 1. The Morgan fingerprint density at radius 1 is 1.43 bits per heavy atom. The molecule has 3 rings (SSSR count). The largest absolute Gasteiger partial charge is 0.483 e. The number of ether oxygens (including phenoxy) is 2. The van der Waals surface area contributed by atoms with Crippen LogP contribution in [0.1, 0.15) is 25.0 Å². The zero-order valence-corrected chi connectivity index (χ0v) is 11.9. The van der Waals surface area contributed by atoms with E-state index in [0.29, 0.717) is 17.1 Å². The fourth-order valence-corrected chi connectivity index (χ4v) is 2.45. The van der Waals surface area contributed by atoms with E-state index in [4.69, 9.17) is 9.47 Å². The molecule has 0 aliphatic carbocycles. The number of fused-ring (bicyclic) bond motifs is 1. The van der Waals surface area contributed by atoms with Crippen LogP contribution in [0.3, 0.4) is 0 Å². The van der Waals surface area contributed by atoms with Gasteiger partial charge in [-0.3, -0.25) is 0 Å². The maximum absolute atomic E-state index is 13.1. The number of aromatic nitrogens is 1. The van der Waals surface area contributed by atoms with Crippen molar-refractivity contribution in [3.05, 3.63) is 47.4 Å². The number of aliphatic hydroxyl groups excluding tert-OH is 1. The molecule has 1 aromatic heterocycles. The molecule has 0 radical (unpaired) electrons. The van der Waals surface area contributed by atoms with Gasteiger partial charge in [-0.2, -0.15) is 0 Å². The van der Waals surface area contributed by atoms with Crippen LogP contribution in [0.5, 0.6) is 17.4 Å². The molecule has 0 atom stereocenters. The molecule has 0 saturated heterocycles. The number of aliphatic hydroxyl groups is 1. The molecule has 5 heteroatoms. The number of pyridine rings is 1. The third kappa shape index (κ3) is 2.69.